The zero-order valence-electron chi connectivity index (χ0n) is 42.7. The van der Waals surface area contributed by atoms with E-state index in [1.807, 2.05) is 0 Å². The second-order valence-electron chi connectivity index (χ2n) is 20.4. The maximum absolute atomic E-state index is 12.6. The van der Waals surface area contributed by atoms with Crippen molar-refractivity contribution in [2.75, 3.05) is 46.2 Å². The quantitative estimate of drug-likeness (QED) is 0.0538. The van der Waals surface area contributed by atoms with E-state index in [0.717, 1.165) is 6.92 Å². The number of carbonyl (C=O) groups excluding carboxylic acids is 1. The molecule has 0 aromatic carbocycles. The topological polar surface area (TPSA) is 594 Å². The fraction of sp³-hybridized carbons (Fsp3) is 0.977. The highest BCUT2D eigenvalue weighted by molar-refractivity contribution is 5.73. The van der Waals surface area contributed by atoms with Crippen LogP contribution in [0.1, 0.15) is 6.92 Å². The average Bonchev–Trinajstić information content (AvgIpc) is 3.63. The normalized spacial score (nSPS) is 51.9. The number of hydrogen-bond donors (Lipinski definition) is 23. The molecule has 81 heavy (non-hydrogen) atoms. The summed E-state index contributed by atoms with van der Waals surface area (Å²) in [6.45, 7) is -5.81. The summed E-state index contributed by atoms with van der Waals surface area (Å²) in [7, 11) is 0. The molecule has 472 valence electrons. The summed E-state index contributed by atoms with van der Waals surface area (Å²) in [5.74, 6) is -0.863. The number of aliphatic hydroxyl groups excluding tert-OH is 22. The third-order valence-corrected chi connectivity index (χ3v) is 14.9. The van der Waals surface area contributed by atoms with Crippen LogP contribution in [0.2, 0.25) is 0 Å². The van der Waals surface area contributed by atoms with Gasteiger partial charge < -0.3 is 179 Å². The first-order valence-corrected chi connectivity index (χ1v) is 25.6. The Hall–Kier alpha value is -1.93. The van der Waals surface area contributed by atoms with Crippen molar-refractivity contribution in [3.63, 3.8) is 0 Å². The van der Waals surface area contributed by atoms with Gasteiger partial charge in [0, 0.05) is 6.92 Å². The Bertz CT molecular complexity index is 1930. The van der Waals surface area contributed by atoms with Gasteiger partial charge in [-0.2, -0.15) is 0 Å². The smallest absolute Gasteiger partial charge is 0.217 e. The highest BCUT2D eigenvalue weighted by Gasteiger charge is 2.58. The molecule has 23 N–H and O–H groups in total. The molecule has 0 radical (unpaired) electrons. The third-order valence-electron chi connectivity index (χ3n) is 14.9. The Morgan fingerprint density at radius 2 is 0.642 bits per heavy atom. The van der Waals surface area contributed by atoms with E-state index in [9.17, 15) is 117 Å². The van der Waals surface area contributed by atoms with Gasteiger partial charge in [-0.05, 0) is 0 Å². The lowest BCUT2D eigenvalue weighted by molar-refractivity contribution is -0.388. The molecule has 1 amide bonds. The van der Waals surface area contributed by atoms with Gasteiger partial charge in [0.25, 0.3) is 0 Å². The molecular formula is C44H75NO36. The zero-order valence-corrected chi connectivity index (χ0v) is 42.7. The van der Waals surface area contributed by atoms with Gasteiger partial charge in [-0.1, -0.05) is 0 Å². The van der Waals surface area contributed by atoms with Crippen molar-refractivity contribution in [2.45, 2.75) is 222 Å². The number of hydrogen-bond acceptors (Lipinski definition) is 36. The van der Waals surface area contributed by atoms with Crippen LogP contribution in [0, 0.1) is 0 Å². The van der Waals surface area contributed by atoms with E-state index >= 15 is 0 Å². The van der Waals surface area contributed by atoms with Crippen LogP contribution in [-0.4, -0.2) is 379 Å². The van der Waals surface area contributed by atoms with E-state index in [1.165, 1.54) is 0 Å². The second-order valence-corrected chi connectivity index (χ2v) is 20.4. The minimum atomic E-state index is -2.33. The van der Waals surface area contributed by atoms with Gasteiger partial charge in [-0.3, -0.25) is 4.79 Å². The number of nitrogens with one attached hydrogen (secondary N) is 1. The van der Waals surface area contributed by atoms with E-state index in [4.69, 9.17) is 61.6 Å². The largest absolute Gasteiger partial charge is 0.394 e. The molecular weight excluding hydrogens is 1120 g/mol. The van der Waals surface area contributed by atoms with Gasteiger partial charge in [-0.25, -0.2) is 0 Å². The standard InChI is InChI=1S/C44H75NO36/c1-9(51)45-17-23(57)34(14(6-50)75-39(17)78-35-13(5-49)71-38(68)28(62)27(35)61)79-44-33(67)37(81-43-31(65)26(60)20(54)12(4-48)74-43)22(56)16(77-44)8-70-41-32(66)36(80-42-30(64)25(59)19(53)11(3-47)73-42)21(55)15(76-41)7-69-40-29(63)24(58)18(52)10(2-46)72-40/h10-44,46-50,52-68H,2-8H2,1H3,(H,45,51)/t10-,11-,12-,13-,14-,15-,16-,17-,18-,19-,20-,21-,22-,23-,24+,25+,26+,27-,28-,29+,30+,31+,32+,33+,34-,35-,36+,37+,38-,39+,40+,41+,42-,43-,44+/m1/s1. The fourth-order valence-electron chi connectivity index (χ4n) is 10.2. The number of ether oxygens (including phenoxy) is 13. The molecule has 0 unspecified atom stereocenters. The van der Waals surface area contributed by atoms with E-state index < -0.39 is 267 Å². The Morgan fingerprint density at radius 3 is 1.09 bits per heavy atom. The van der Waals surface area contributed by atoms with E-state index in [0.29, 0.717) is 0 Å². The van der Waals surface area contributed by atoms with Crippen LogP contribution < -0.4 is 5.32 Å². The summed E-state index contributed by atoms with van der Waals surface area (Å²) in [6.07, 6.45) is -67.1. The number of rotatable bonds is 20. The molecule has 0 aromatic rings. The SMILES string of the molecule is CC(=O)N[C@H]1[C@H](O[C@H]2[C@H](O)[C@@H](O)[C@H](O)O[C@@H]2CO)O[C@H](CO)[C@@H](O[C@@H]2O[C@H](CO[C@H]3O[C@H](CO[C@H]4O[C@H](CO)[C@@H](O)[C@H](O)[C@@H]4O)[C@@H](O)[C@H](O[C@H]4O[C@H](CO)[C@@H](O)[C@H](O)[C@@H]4O)[C@@H]3O)[C@@H](O)[C@H](O[C@H]3O[C@H](CO)[C@@H](O)[C@H](O)[C@@H]3O)[C@@H]2O)[C@@H]1O. The highest BCUT2D eigenvalue weighted by Crippen LogP contribution is 2.37. The van der Waals surface area contributed by atoms with Crippen LogP contribution in [0.4, 0.5) is 0 Å². The minimum Gasteiger partial charge on any atom is -0.394 e. The summed E-state index contributed by atoms with van der Waals surface area (Å²) >= 11 is 0. The van der Waals surface area contributed by atoms with Crippen LogP contribution in [-0.2, 0) is 66.4 Å². The molecule has 0 aromatic heterocycles. The summed E-state index contributed by atoms with van der Waals surface area (Å²) in [4.78, 5) is 12.6. The molecule has 7 heterocycles. The molecule has 0 aliphatic carbocycles. The van der Waals surface area contributed by atoms with Crippen molar-refractivity contribution >= 4 is 5.91 Å². The Labute approximate surface area is 457 Å². The molecule has 7 saturated heterocycles. The highest BCUT2D eigenvalue weighted by atomic mass is 16.8. The van der Waals surface area contributed by atoms with Gasteiger partial charge in [-0.15, -0.1) is 0 Å². The summed E-state index contributed by atoms with van der Waals surface area (Å²) < 4.78 is 73.7. The van der Waals surface area contributed by atoms with E-state index in [2.05, 4.69) is 5.32 Å². The van der Waals surface area contributed by atoms with Gasteiger partial charge in [0.15, 0.2) is 44.0 Å². The average molecular weight is 1190 g/mol. The second kappa shape index (κ2) is 28.7. The zero-order chi connectivity index (χ0) is 59.6. The van der Waals surface area contributed by atoms with Crippen molar-refractivity contribution in [3.05, 3.63) is 0 Å². The predicted octanol–water partition coefficient (Wildman–Crippen LogP) is -16.1. The molecule has 7 rings (SSSR count). The Morgan fingerprint density at radius 1 is 0.321 bits per heavy atom. The molecule has 0 saturated carbocycles. The molecule has 37 heteroatoms. The van der Waals surface area contributed by atoms with Crippen molar-refractivity contribution in [2.24, 2.45) is 0 Å². The van der Waals surface area contributed by atoms with Crippen LogP contribution in [0.15, 0.2) is 0 Å². The van der Waals surface area contributed by atoms with E-state index in [-0.39, 0.29) is 0 Å². The fourth-order valence-corrected chi connectivity index (χ4v) is 10.2. The molecule has 0 bridgehead atoms. The summed E-state index contributed by atoms with van der Waals surface area (Å²) in [5, 5.41) is 237. The van der Waals surface area contributed by atoms with Gasteiger partial charge >= 0.3 is 0 Å². The molecule has 7 fully saturated rings. The molecule has 37 nitrogen and oxygen atoms in total. The lowest BCUT2D eigenvalue weighted by Crippen LogP contribution is -2.70. The first kappa shape index (κ1) is 66.6. The first-order valence-electron chi connectivity index (χ1n) is 25.6. The first-order chi connectivity index (χ1) is 38.3. The van der Waals surface area contributed by atoms with Crippen LogP contribution in [0.25, 0.3) is 0 Å². The van der Waals surface area contributed by atoms with Crippen molar-refractivity contribution in [1.82, 2.24) is 5.32 Å². The third kappa shape index (κ3) is 14.2. The lowest BCUT2D eigenvalue weighted by atomic mass is 9.94. The van der Waals surface area contributed by atoms with E-state index in [1.54, 1.807) is 0 Å². The number of carbonyl (C=O) groups is 1. The molecule has 7 aliphatic heterocycles. The van der Waals surface area contributed by atoms with Gasteiger partial charge in [0.05, 0.1) is 46.2 Å². The monoisotopic (exact) mass is 1190 g/mol. The van der Waals surface area contributed by atoms with Crippen LogP contribution >= 0.6 is 0 Å². The Kier molecular flexibility index (Phi) is 23.6. The number of amides is 1. The maximum Gasteiger partial charge on any atom is 0.217 e. The van der Waals surface area contributed by atoms with Crippen LogP contribution in [0.5, 0.6) is 0 Å². The molecule has 0 spiro atoms. The number of aliphatic hydroxyl groups is 22. The summed E-state index contributed by atoms with van der Waals surface area (Å²) in [5.41, 5.74) is 0. The minimum absolute atomic E-state index is 0.863. The molecule has 35 atom stereocenters. The van der Waals surface area contributed by atoms with Crippen molar-refractivity contribution < 1.29 is 179 Å². The Balaban J connectivity index is 1.17. The summed E-state index contributed by atoms with van der Waals surface area (Å²) in [6, 6.07) is -1.78. The predicted molar refractivity (Wildman–Crippen MR) is 243 cm³/mol. The van der Waals surface area contributed by atoms with Crippen molar-refractivity contribution in [3.8, 4) is 0 Å². The van der Waals surface area contributed by atoms with Gasteiger partial charge in [0.2, 0.25) is 5.91 Å². The molecule has 7 aliphatic rings. The van der Waals surface area contributed by atoms with Crippen LogP contribution in [0.3, 0.4) is 0 Å². The maximum atomic E-state index is 12.6. The van der Waals surface area contributed by atoms with Gasteiger partial charge in [0.1, 0.15) is 171 Å². The van der Waals surface area contributed by atoms with Crippen molar-refractivity contribution in [1.29, 1.82) is 0 Å². The lowest BCUT2D eigenvalue weighted by Gasteiger charge is -2.50.